The Kier molecular flexibility index (Phi) is 6.64. The Morgan fingerprint density at radius 2 is 2.02 bits per heavy atom. The number of aliphatic hydroxyl groups excluding tert-OH is 1. The van der Waals surface area contributed by atoms with Crippen LogP contribution in [0.15, 0.2) is 36.5 Å². The maximum Gasteiger partial charge on any atom is 0.319 e. The molecule has 3 saturated heterocycles. The highest BCUT2D eigenvalue weighted by atomic mass is 19.1. The number of fused-ring (bicyclic) bond motifs is 5. The van der Waals surface area contributed by atoms with Crippen LogP contribution in [0.25, 0.3) is 32.9 Å². The Hall–Kier alpha value is -3.63. The molecule has 4 fully saturated rings. The number of ether oxygens (including phenoxy) is 1. The van der Waals surface area contributed by atoms with Gasteiger partial charge in [-0.3, -0.25) is 9.88 Å². The van der Waals surface area contributed by atoms with Crippen molar-refractivity contribution in [2.24, 2.45) is 11.8 Å². The van der Waals surface area contributed by atoms with Crippen LogP contribution in [0.4, 0.5) is 14.6 Å². The monoisotopic (exact) mass is 601 g/mol. The molecule has 2 bridgehead atoms. The second-order valence-corrected chi connectivity index (χ2v) is 13.3. The molecule has 0 radical (unpaired) electrons. The van der Waals surface area contributed by atoms with E-state index < -0.39 is 17.5 Å². The number of piperidine rings is 1. The molecule has 1 aliphatic carbocycles. The number of pyridine rings is 1. The van der Waals surface area contributed by atoms with Gasteiger partial charge in [-0.1, -0.05) is 25.1 Å². The fourth-order valence-corrected chi connectivity index (χ4v) is 8.54. The lowest BCUT2D eigenvalue weighted by atomic mass is 9.95. The van der Waals surface area contributed by atoms with Crippen molar-refractivity contribution >= 4 is 27.5 Å². The number of phenolic OH excluding ortho intramolecular Hbond substituents is 1. The molecule has 8 rings (SSSR count). The molecule has 2 aromatic carbocycles. The number of hydrogen-bond acceptors (Lipinski definition) is 8. The number of phenols is 1. The summed E-state index contributed by atoms with van der Waals surface area (Å²) in [7, 11) is 0. The van der Waals surface area contributed by atoms with Crippen molar-refractivity contribution in [3.8, 4) is 23.0 Å². The number of benzene rings is 2. The zero-order chi connectivity index (χ0) is 30.2. The lowest BCUT2D eigenvalue weighted by Crippen LogP contribution is -2.43. The highest BCUT2D eigenvalue weighted by Crippen LogP contribution is 2.43. The first-order chi connectivity index (χ1) is 21.3. The number of aromatic nitrogens is 3. The van der Waals surface area contributed by atoms with E-state index in [0.717, 1.165) is 55.0 Å². The quantitative estimate of drug-likeness (QED) is 0.303. The van der Waals surface area contributed by atoms with E-state index in [4.69, 9.17) is 9.72 Å². The summed E-state index contributed by atoms with van der Waals surface area (Å²) in [5.41, 5.74) is 1.32. The maximum atomic E-state index is 16.8. The fraction of sp³-hybridized carbons (Fsp3) is 0.500. The van der Waals surface area contributed by atoms with Crippen molar-refractivity contribution in [1.29, 1.82) is 0 Å². The number of nitrogens with zero attached hydrogens (tertiary/aromatic N) is 5. The molecule has 230 valence electrons. The van der Waals surface area contributed by atoms with Crippen molar-refractivity contribution in [3.05, 3.63) is 47.9 Å². The normalized spacial score (nSPS) is 28.3. The third kappa shape index (κ3) is 4.48. The van der Waals surface area contributed by atoms with Crippen LogP contribution in [-0.4, -0.2) is 80.7 Å². The molecule has 1 saturated carbocycles. The first-order valence-corrected chi connectivity index (χ1v) is 15.9. The molecule has 8 nitrogen and oxygen atoms in total. The molecule has 0 amide bonds. The molecule has 2 N–H and O–H groups in total. The number of anilines is 1. The smallest absolute Gasteiger partial charge is 0.319 e. The summed E-state index contributed by atoms with van der Waals surface area (Å²) in [6.45, 7) is 4.83. The Morgan fingerprint density at radius 1 is 1.14 bits per heavy atom. The number of aromatic hydroxyl groups is 1. The standard InChI is InChI=1S/C34H37F2N5O3/c1-2-20-5-3-6-21-11-24(42)12-25(28(20)21)30-29(36)31-26(14-37-30)32(40-15-19-9-22(16-40)27(43)10-19)39-33(38-31)44-18-34-7-4-8-41(34)17-23(35)13-34/h3,5-6,11-12,14,19,22-23,27,42-43H,2,4,7-10,13,15-18H2,1H3/t19-,22-,23-,27-,34+/m1/s1. The first-order valence-electron chi connectivity index (χ1n) is 15.9. The van der Waals surface area contributed by atoms with Crippen LogP contribution in [-0.2, 0) is 6.42 Å². The SMILES string of the molecule is CCc1cccc2cc(O)cc(-c3ncc4c(N5C[C@@H]6C[C@H](C5)[C@H](O)C6)nc(OC[C@@]56CCCN5C[C@H](F)C6)nc4c3F)c12. The van der Waals surface area contributed by atoms with Gasteiger partial charge in [-0.25, -0.2) is 8.78 Å². The zero-order valence-corrected chi connectivity index (χ0v) is 24.8. The summed E-state index contributed by atoms with van der Waals surface area (Å²) in [6, 6.07) is 9.13. The van der Waals surface area contributed by atoms with E-state index in [1.807, 2.05) is 25.1 Å². The minimum atomic E-state index is -0.890. The molecule has 10 heteroatoms. The highest BCUT2D eigenvalue weighted by Gasteiger charge is 2.49. The molecule has 4 aromatic rings. The molecule has 2 aromatic heterocycles. The number of alkyl halides is 1. The van der Waals surface area contributed by atoms with Gasteiger partial charge in [-0.15, -0.1) is 0 Å². The van der Waals surface area contributed by atoms with Crippen LogP contribution < -0.4 is 9.64 Å². The Balaban J connectivity index is 1.26. The van der Waals surface area contributed by atoms with Gasteiger partial charge in [0.15, 0.2) is 5.82 Å². The lowest BCUT2D eigenvalue weighted by Gasteiger charge is -2.34. The topological polar surface area (TPSA) is 94.8 Å². The van der Waals surface area contributed by atoms with Crippen LogP contribution in [0, 0.1) is 17.7 Å². The summed E-state index contributed by atoms with van der Waals surface area (Å²) >= 11 is 0. The van der Waals surface area contributed by atoms with Gasteiger partial charge in [-0.2, -0.15) is 9.97 Å². The maximum absolute atomic E-state index is 16.8. The second-order valence-electron chi connectivity index (χ2n) is 13.3. The Labute approximate surface area is 254 Å². The summed E-state index contributed by atoms with van der Waals surface area (Å²) in [5.74, 6) is 0.404. The van der Waals surface area contributed by atoms with E-state index in [9.17, 15) is 14.6 Å². The summed E-state index contributed by atoms with van der Waals surface area (Å²) in [5, 5.41) is 23.3. The number of hydrogen-bond donors (Lipinski definition) is 2. The molecule has 5 heterocycles. The van der Waals surface area contributed by atoms with Gasteiger partial charge in [-0.05, 0) is 73.0 Å². The second kappa shape index (κ2) is 10.5. The molecular weight excluding hydrogens is 564 g/mol. The molecule has 3 aliphatic heterocycles. The van der Waals surface area contributed by atoms with Crippen molar-refractivity contribution in [2.45, 2.75) is 63.3 Å². The summed E-state index contributed by atoms with van der Waals surface area (Å²) in [4.78, 5) is 18.4. The predicted molar refractivity (Wildman–Crippen MR) is 164 cm³/mol. The number of aryl methyl sites for hydroxylation is 1. The van der Waals surface area contributed by atoms with Gasteiger partial charge in [0.1, 0.15) is 35.6 Å². The average molecular weight is 602 g/mol. The summed E-state index contributed by atoms with van der Waals surface area (Å²) < 4.78 is 37.5. The molecular formula is C34H37F2N5O3. The van der Waals surface area contributed by atoms with E-state index in [1.165, 1.54) is 0 Å². The number of rotatable bonds is 6. The van der Waals surface area contributed by atoms with E-state index >= 15 is 4.39 Å². The van der Waals surface area contributed by atoms with Crippen LogP contribution in [0.3, 0.4) is 0 Å². The molecule has 0 unspecified atom stereocenters. The summed E-state index contributed by atoms with van der Waals surface area (Å²) in [6.07, 6.45) is 5.05. The van der Waals surface area contributed by atoms with Crippen LogP contribution in [0.5, 0.6) is 11.8 Å². The lowest BCUT2D eigenvalue weighted by molar-refractivity contribution is 0.107. The largest absolute Gasteiger partial charge is 0.508 e. The Bertz CT molecular complexity index is 1770. The van der Waals surface area contributed by atoms with E-state index in [-0.39, 0.29) is 41.6 Å². The van der Waals surface area contributed by atoms with Crippen molar-refractivity contribution in [3.63, 3.8) is 0 Å². The third-order valence-electron chi connectivity index (χ3n) is 10.5. The van der Waals surface area contributed by atoms with E-state index in [0.29, 0.717) is 48.7 Å². The molecule has 5 atom stereocenters. The van der Waals surface area contributed by atoms with Crippen LogP contribution in [0.1, 0.15) is 44.6 Å². The highest BCUT2D eigenvalue weighted by molar-refractivity contribution is 6.01. The molecule has 0 spiro atoms. The Morgan fingerprint density at radius 3 is 2.86 bits per heavy atom. The van der Waals surface area contributed by atoms with Crippen LogP contribution >= 0.6 is 0 Å². The molecule has 44 heavy (non-hydrogen) atoms. The van der Waals surface area contributed by atoms with Gasteiger partial charge in [0.25, 0.3) is 0 Å². The first kappa shape index (κ1) is 27.9. The van der Waals surface area contributed by atoms with Gasteiger partial charge in [0.2, 0.25) is 0 Å². The van der Waals surface area contributed by atoms with Gasteiger partial charge >= 0.3 is 6.01 Å². The minimum absolute atomic E-state index is 0.0277. The van der Waals surface area contributed by atoms with E-state index in [2.05, 4.69) is 19.8 Å². The third-order valence-corrected chi connectivity index (χ3v) is 10.5. The number of halogens is 2. The predicted octanol–water partition coefficient (Wildman–Crippen LogP) is 5.41. The number of aliphatic hydroxyl groups is 1. The van der Waals surface area contributed by atoms with Gasteiger partial charge in [0.05, 0.1) is 17.0 Å². The van der Waals surface area contributed by atoms with Crippen molar-refractivity contribution in [1.82, 2.24) is 19.9 Å². The minimum Gasteiger partial charge on any atom is -0.508 e. The van der Waals surface area contributed by atoms with Crippen molar-refractivity contribution < 1.29 is 23.7 Å². The van der Waals surface area contributed by atoms with Gasteiger partial charge in [0, 0.05) is 43.7 Å². The molecule has 4 aliphatic rings. The average Bonchev–Trinajstić information content (AvgIpc) is 3.63. The zero-order valence-electron chi connectivity index (χ0n) is 24.8. The van der Waals surface area contributed by atoms with Gasteiger partial charge < -0.3 is 19.8 Å². The fourth-order valence-electron chi connectivity index (χ4n) is 8.54. The van der Waals surface area contributed by atoms with Crippen molar-refractivity contribution in [2.75, 3.05) is 37.7 Å². The van der Waals surface area contributed by atoms with Crippen LogP contribution in [0.2, 0.25) is 0 Å². The van der Waals surface area contributed by atoms with E-state index in [1.54, 1.807) is 18.3 Å².